The standard InChI is InChI=1S/C10H15N5S/c1-7(16-3)4-11-9-8-5-14-15(2)10(8)13-6-12-9/h5-7H,4H2,1-3H3,(H,11,12,13). The molecule has 0 fully saturated rings. The number of nitrogens with one attached hydrogen (secondary N) is 1. The van der Waals surface area contributed by atoms with E-state index in [4.69, 9.17) is 0 Å². The summed E-state index contributed by atoms with van der Waals surface area (Å²) < 4.78 is 1.75. The van der Waals surface area contributed by atoms with Crippen molar-refractivity contribution in [3.05, 3.63) is 12.5 Å². The molecule has 2 aromatic rings. The highest BCUT2D eigenvalue weighted by Gasteiger charge is 2.08. The molecule has 0 saturated heterocycles. The SMILES string of the molecule is CSC(C)CNc1ncnc2c1cnn2C. The molecule has 0 aliphatic heterocycles. The monoisotopic (exact) mass is 237 g/mol. The van der Waals surface area contributed by atoms with Gasteiger partial charge in [0.25, 0.3) is 0 Å². The minimum Gasteiger partial charge on any atom is -0.368 e. The number of thioether (sulfide) groups is 1. The smallest absolute Gasteiger partial charge is 0.163 e. The summed E-state index contributed by atoms with van der Waals surface area (Å²) in [6, 6.07) is 0. The maximum absolute atomic E-state index is 4.24. The molecule has 0 aromatic carbocycles. The Morgan fingerprint density at radius 2 is 2.31 bits per heavy atom. The molecule has 0 amide bonds. The maximum Gasteiger partial charge on any atom is 0.163 e. The predicted octanol–water partition coefficient (Wildman–Crippen LogP) is 1.53. The van der Waals surface area contributed by atoms with Gasteiger partial charge in [-0.1, -0.05) is 6.92 Å². The van der Waals surface area contributed by atoms with E-state index in [9.17, 15) is 0 Å². The lowest BCUT2D eigenvalue weighted by molar-refractivity contribution is 0.785. The van der Waals surface area contributed by atoms with Crippen LogP contribution in [0.1, 0.15) is 6.92 Å². The average Bonchev–Trinajstić information content (AvgIpc) is 2.69. The number of aromatic nitrogens is 4. The number of aryl methyl sites for hydroxylation is 1. The van der Waals surface area contributed by atoms with E-state index in [0.717, 1.165) is 23.4 Å². The molecule has 0 spiro atoms. The van der Waals surface area contributed by atoms with Crippen molar-refractivity contribution in [2.24, 2.45) is 7.05 Å². The van der Waals surface area contributed by atoms with Gasteiger partial charge in [-0.3, -0.25) is 4.68 Å². The van der Waals surface area contributed by atoms with Crippen LogP contribution in [-0.4, -0.2) is 37.8 Å². The number of anilines is 1. The summed E-state index contributed by atoms with van der Waals surface area (Å²) in [6.07, 6.45) is 5.46. The van der Waals surface area contributed by atoms with Crippen molar-refractivity contribution in [1.29, 1.82) is 0 Å². The molecule has 0 aliphatic carbocycles. The van der Waals surface area contributed by atoms with E-state index in [2.05, 4.69) is 33.6 Å². The molecule has 1 unspecified atom stereocenters. The Morgan fingerprint density at radius 1 is 1.50 bits per heavy atom. The Labute approximate surface area is 98.7 Å². The van der Waals surface area contributed by atoms with Crippen molar-refractivity contribution in [2.45, 2.75) is 12.2 Å². The lowest BCUT2D eigenvalue weighted by Crippen LogP contribution is -2.13. The van der Waals surface area contributed by atoms with E-state index in [1.54, 1.807) is 17.2 Å². The second-order valence-corrected chi connectivity index (χ2v) is 4.93. The minimum atomic E-state index is 0.557. The van der Waals surface area contributed by atoms with Gasteiger partial charge in [0.1, 0.15) is 12.1 Å². The summed E-state index contributed by atoms with van der Waals surface area (Å²) >= 11 is 1.83. The third kappa shape index (κ3) is 2.11. The number of nitrogens with zero attached hydrogens (tertiary/aromatic N) is 4. The minimum absolute atomic E-state index is 0.557. The van der Waals surface area contributed by atoms with Crippen LogP contribution < -0.4 is 5.32 Å². The largest absolute Gasteiger partial charge is 0.368 e. The molecule has 0 radical (unpaired) electrons. The molecule has 1 N–H and O–H groups in total. The molecule has 2 heterocycles. The topological polar surface area (TPSA) is 55.6 Å². The summed E-state index contributed by atoms with van der Waals surface area (Å²) in [5, 5.41) is 9.03. The Morgan fingerprint density at radius 3 is 3.06 bits per heavy atom. The average molecular weight is 237 g/mol. The van der Waals surface area contributed by atoms with Crippen LogP contribution in [0.2, 0.25) is 0 Å². The van der Waals surface area contributed by atoms with Crippen LogP contribution in [0.3, 0.4) is 0 Å². The molecule has 86 valence electrons. The fourth-order valence-electron chi connectivity index (χ4n) is 1.43. The van der Waals surface area contributed by atoms with Crippen LogP contribution >= 0.6 is 11.8 Å². The van der Waals surface area contributed by atoms with Gasteiger partial charge < -0.3 is 5.32 Å². The molecule has 6 heteroatoms. The van der Waals surface area contributed by atoms with Crippen LogP contribution in [0.5, 0.6) is 0 Å². The molecule has 2 aromatic heterocycles. The molecule has 1 atom stereocenters. The maximum atomic E-state index is 4.24. The lowest BCUT2D eigenvalue weighted by atomic mass is 10.4. The van der Waals surface area contributed by atoms with Crippen molar-refractivity contribution < 1.29 is 0 Å². The summed E-state index contributed by atoms with van der Waals surface area (Å²) in [4.78, 5) is 8.43. The number of rotatable bonds is 4. The Bertz CT molecular complexity index is 481. The Balaban J connectivity index is 2.24. The van der Waals surface area contributed by atoms with Crippen molar-refractivity contribution in [2.75, 3.05) is 18.1 Å². The van der Waals surface area contributed by atoms with E-state index in [1.807, 2.05) is 18.8 Å². The van der Waals surface area contributed by atoms with E-state index in [0.29, 0.717) is 5.25 Å². The first-order valence-electron chi connectivity index (χ1n) is 5.11. The summed E-state index contributed by atoms with van der Waals surface area (Å²) in [5.41, 5.74) is 0.856. The van der Waals surface area contributed by atoms with Gasteiger partial charge in [-0.25, -0.2) is 9.97 Å². The highest BCUT2D eigenvalue weighted by molar-refractivity contribution is 7.99. The van der Waals surface area contributed by atoms with Gasteiger partial charge in [0.15, 0.2) is 5.65 Å². The Hall–Kier alpha value is -1.30. The summed E-state index contributed by atoms with van der Waals surface area (Å²) in [7, 11) is 1.88. The van der Waals surface area contributed by atoms with Crippen molar-refractivity contribution in [3.63, 3.8) is 0 Å². The molecule has 0 bridgehead atoms. The number of hydrogen-bond donors (Lipinski definition) is 1. The fraction of sp³-hybridized carbons (Fsp3) is 0.500. The third-order valence-electron chi connectivity index (χ3n) is 2.49. The molecule has 0 aliphatic rings. The van der Waals surface area contributed by atoms with Crippen LogP contribution in [0.25, 0.3) is 11.0 Å². The van der Waals surface area contributed by atoms with Gasteiger partial charge in [-0.05, 0) is 6.26 Å². The molecule has 0 saturated carbocycles. The van der Waals surface area contributed by atoms with Crippen LogP contribution in [0, 0.1) is 0 Å². The van der Waals surface area contributed by atoms with Crippen molar-refractivity contribution >= 4 is 28.6 Å². The Kier molecular flexibility index (Phi) is 3.28. The normalized spacial score (nSPS) is 12.9. The first kappa shape index (κ1) is 11.2. The predicted molar refractivity (Wildman–Crippen MR) is 67.8 cm³/mol. The first-order valence-corrected chi connectivity index (χ1v) is 6.40. The molecular formula is C10H15N5S. The van der Waals surface area contributed by atoms with Gasteiger partial charge in [0, 0.05) is 18.8 Å². The highest BCUT2D eigenvalue weighted by Crippen LogP contribution is 2.18. The quantitative estimate of drug-likeness (QED) is 0.874. The van der Waals surface area contributed by atoms with Gasteiger partial charge in [0.05, 0.1) is 11.6 Å². The second-order valence-electron chi connectivity index (χ2n) is 3.65. The lowest BCUT2D eigenvalue weighted by Gasteiger charge is -2.10. The molecule has 5 nitrogen and oxygen atoms in total. The van der Waals surface area contributed by atoms with E-state index >= 15 is 0 Å². The van der Waals surface area contributed by atoms with Crippen LogP contribution in [0.4, 0.5) is 5.82 Å². The van der Waals surface area contributed by atoms with Gasteiger partial charge in [-0.15, -0.1) is 0 Å². The third-order valence-corrected chi connectivity index (χ3v) is 3.46. The first-order chi connectivity index (χ1) is 7.72. The van der Waals surface area contributed by atoms with Gasteiger partial charge >= 0.3 is 0 Å². The molecular weight excluding hydrogens is 222 g/mol. The van der Waals surface area contributed by atoms with E-state index in [1.165, 1.54) is 0 Å². The highest BCUT2D eigenvalue weighted by atomic mass is 32.2. The van der Waals surface area contributed by atoms with E-state index < -0.39 is 0 Å². The zero-order valence-electron chi connectivity index (χ0n) is 9.64. The summed E-state index contributed by atoms with van der Waals surface area (Å²) in [5.74, 6) is 0.860. The van der Waals surface area contributed by atoms with Crippen LogP contribution in [-0.2, 0) is 7.05 Å². The zero-order chi connectivity index (χ0) is 11.5. The zero-order valence-corrected chi connectivity index (χ0v) is 10.5. The van der Waals surface area contributed by atoms with Crippen molar-refractivity contribution in [1.82, 2.24) is 19.7 Å². The van der Waals surface area contributed by atoms with Crippen LogP contribution in [0.15, 0.2) is 12.5 Å². The van der Waals surface area contributed by atoms with Crippen molar-refractivity contribution in [3.8, 4) is 0 Å². The number of hydrogen-bond acceptors (Lipinski definition) is 5. The number of fused-ring (bicyclic) bond motifs is 1. The fourth-order valence-corrected chi connectivity index (χ4v) is 1.68. The summed E-state index contributed by atoms with van der Waals surface area (Å²) in [6.45, 7) is 3.07. The van der Waals surface area contributed by atoms with Gasteiger partial charge in [0.2, 0.25) is 0 Å². The van der Waals surface area contributed by atoms with E-state index in [-0.39, 0.29) is 0 Å². The molecule has 2 rings (SSSR count). The molecule has 16 heavy (non-hydrogen) atoms. The second kappa shape index (κ2) is 4.69. The van der Waals surface area contributed by atoms with Gasteiger partial charge in [-0.2, -0.15) is 16.9 Å².